The molecule has 0 spiro atoms. The van der Waals surface area contributed by atoms with E-state index >= 15 is 0 Å². The Kier molecular flexibility index (Phi) is 3.52. The van der Waals surface area contributed by atoms with E-state index < -0.39 is 11.9 Å². The van der Waals surface area contributed by atoms with Crippen molar-refractivity contribution >= 4 is 35.3 Å². The zero-order valence-electron chi connectivity index (χ0n) is 10.7. The van der Waals surface area contributed by atoms with E-state index in [-0.39, 0.29) is 23.7 Å². The van der Waals surface area contributed by atoms with Crippen LogP contribution in [0.15, 0.2) is 0 Å². The van der Waals surface area contributed by atoms with Crippen molar-refractivity contribution in [2.75, 3.05) is 30.4 Å². The molecule has 2 amide bonds. The van der Waals surface area contributed by atoms with Gasteiger partial charge >= 0.3 is 0 Å². The Bertz CT molecular complexity index is 535. The largest absolute Gasteiger partial charge is 0.347 e. The molecule has 0 aliphatic carbocycles. The van der Waals surface area contributed by atoms with E-state index in [9.17, 15) is 9.59 Å². The first-order valence-corrected chi connectivity index (χ1v) is 5.95. The average molecular weight is 285 g/mol. The number of nitrogens with zero attached hydrogens (tertiary/aromatic N) is 5. The highest BCUT2D eigenvalue weighted by Crippen LogP contribution is 2.18. The Hall–Kier alpha value is -1.96. The summed E-state index contributed by atoms with van der Waals surface area (Å²) in [6.07, 6.45) is 0. The summed E-state index contributed by atoms with van der Waals surface area (Å²) in [4.78, 5) is 38.3. The summed E-state index contributed by atoms with van der Waals surface area (Å²) in [7, 11) is 3.51. The van der Waals surface area contributed by atoms with E-state index in [1.807, 2.05) is 0 Å². The van der Waals surface area contributed by atoms with Gasteiger partial charge in [-0.1, -0.05) is 0 Å². The first-order valence-electron chi connectivity index (χ1n) is 5.57. The van der Waals surface area contributed by atoms with Crippen molar-refractivity contribution in [3.8, 4) is 0 Å². The SMILES string of the molecule is CC1C(=O)NC(=O)CN1c1nc(Cl)nc(N(C)C)n1. The van der Waals surface area contributed by atoms with Crippen LogP contribution in [0.3, 0.4) is 0 Å². The molecule has 1 N–H and O–H groups in total. The number of carbonyl (C=O) groups excluding carboxylic acids is 2. The highest BCUT2D eigenvalue weighted by Gasteiger charge is 2.32. The number of hydrogen-bond acceptors (Lipinski definition) is 7. The molecule has 0 bridgehead atoms. The smallest absolute Gasteiger partial charge is 0.249 e. The predicted molar refractivity (Wildman–Crippen MR) is 69.1 cm³/mol. The Balaban J connectivity index is 2.39. The summed E-state index contributed by atoms with van der Waals surface area (Å²) in [6, 6.07) is -0.550. The fraction of sp³-hybridized carbons (Fsp3) is 0.500. The van der Waals surface area contributed by atoms with Gasteiger partial charge in [0.1, 0.15) is 12.6 Å². The van der Waals surface area contributed by atoms with E-state index in [1.54, 1.807) is 25.9 Å². The van der Waals surface area contributed by atoms with E-state index in [1.165, 1.54) is 4.90 Å². The standard InChI is InChI=1S/C10H13ClN6O2/c1-5-7(19)12-6(18)4-17(5)10-14-8(11)13-9(15-10)16(2)3/h5H,4H2,1-3H3,(H,12,18,19). The molecule has 1 aromatic rings. The molecule has 1 atom stereocenters. The van der Waals surface area contributed by atoms with Crippen molar-refractivity contribution in [1.29, 1.82) is 0 Å². The van der Waals surface area contributed by atoms with Crippen molar-refractivity contribution in [1.82, 2.24) is 20.3 Å². The molecule has 19 heavy (non-hydrogen) atoms. The normalized spacial score (nSPS) is 19.4. The van der Waals surface area contributed by atoms with Crippen LogP contribution in [0.2, 0.25) is 5.28 Å². The molecule has 1 aromatic heterocycles. The minimum Gasteiger partial charge on any atom is -0.347 e. The van der Waals surface area contributed by atoms with E-state index in [4.69, 9.17) is 11.6 Å². The van der Waals surface area contributed by atoms with Gasteiger partial charge in [0.05, 0.1) is 0 Å². The number of hydrogen-bond donors (Lipinski definition) is 1. The molecule has 8 nitrogen and oxygen atoms in total. The monoisotopic (exact) mass is 284 g/mol. The molecule has 1 saturated heterocycles. The van der Waals surface area contributed by atoms with Gasteiger partial charge in [-0.2, -0.15) is 15.0 Å². The van der Waals surface area contributed by atoms with Gasteiger partial charge in [-0.15, -0.1) is 0 Å². The number of imide groups is 1. The second kappa shape index (κ2) is 4.96. The maximum absolute atomic E-state index is 11.6. The number of aromatic nitrogens is 3. The average Bonchev–Trinajstić information content (AvgIpc) is 2.32. The molecule has 0 aromatic carbocycles. The number of anilines is 2. The van der Waals surface area contributed by atoms with Gasteiger partial charge in [0, 0.05) is 14.1 Å². The number of piperazine rings is 1. The molecular weight excluding hydrogens is 272 g/mol. The quantitative estimate of drug-likeness (QED) is 0.728. The van der Waals surface area contributed by atoms with Crippen LogP contribution < -0.4 is 15.1 Å². The van der Waals surface area contributed by atoms with Crippen LogP contribution in [0.5, 0.6) is 0 Å². The van der Waals surface area contributed by atoms with Gasteiger partial charge in [0.2, 0.25) is 29.0 Å². The second-order valence-corrected chi connectivity index (χ2v) is 4.65. The second-order valence-electron chi connectivity index (χ2n) is 4.32. The van der Waals surface area contributed by atoms with Crippen LogP contribution in [-0.4, -0.2) is 53.4 Å². The Morgan fingerprint density at radius 3 is 2.63 bits per heavy atom. The molecule has 1 aliphatic rings. The van der Waals surface area contributed by atoms with Crippen LogP contribution in [0.1, 0.15) is 6.92 Å². The Labute approximate surface area is 114 Å². The summed E-state index contributed by atoms with van der Waals surface area (Å²) in [5.74, 6) is -0.217. The third kappa shape index (κ3) is 2.73. The number of halogens is 1. The number of rotatable bonds is 2. The molecule has 1 fully saturated rings. The van der Waals surface area contributed by atoms with Gasteiger partial charge in [0.25, 0.3) is 0 Å². The minimum atomic E-state index is -0.550. The molecule has 102 valence electrons. The minimum absolute atomic E-state index is 0.000117. The highest BCUT2D eigenvalue weighted by molar-refractivity contribution is 6.28. The lowest BCUT2D eigenvalue weighted by Crippen LogP contribution is -2.57. The first kappa shape index (κ1) is 13.5. The Morgan fingerprint density at radius 1 is 1.32 bits per heavy atom. The zero-order chi connectivity index (χ0) is 14.2. The van der Waals surface area contributed by atoms with E-state index in [0.717, 1.165) is 0 Å². The molecule has 1 aliphatic heterocycles. The molecule has 1 unspecified atom stereocenters. The van der Waals surface area contributed by atoms with Crippen LogP contribution in [0.25, 0.3) is 0 Å². The Morgan fingerprint density at radius 2 is 2.00 bits per heavy atom. The lowest BCUT2D eigenvalue weighted by molar-refractivity contribution is -0.132. The predicted octanol–water partition coefficient (Wildman–Crippen LogP) is -0.558. The fourth-order valence-electron chi connectivity index (χ4n) is 1.62. The summed E-state index contributed by atoms with van der Waals surface area (Å²) in [5.41, 5.74) is 0. The lowest BCUT2D eigenvalue weighted by Gasteiger charge is -2.31. The van der Waals surface area contributed by atoms with Crippen molar-refractivity contribution in [3.63, 3.8) is 0 Å². The summed E-state index contributed by atoms with van der Waals surface area (Å²) in [5, 5.41) is 2.26. The van der Waals surface area contributed by atoms with Crippen molar-refractivity contribution in [2.24, 2.45) is 0 Å². The number of nitrogens with one attached hydrogen (secondary N) is 1. The third-order valence-electron chi connectivity index (χ3n) is 2.66. The zero-order valence-corrected chi connectivity index (χ0v) is 11.5. The lowest BCUT2D eigenvalue weighted by atomic mass is 10.2. The summed E-state index contributed by atoms with van der Waals surface area (Å²) >= 11 is 5.83. The first-order chi connectivity index (χ1) is 8.88. The number of amides is 2. The van der Waals surface area contributed by atoms with Gasteiger partial charge in [-0.3, -0.25) is 14.9 Å². The summed E-state index contributed by atoms with van der Waals surface area (Å²) < 4.78 is 0. The van der Waals surface area contributed by atoms with Crippen LogP contribution in [0.4, 0.5) is 11.9 Å². The maximum atomic E-state index is 11.6. The highest BCUT2D eigenvalue weighted by atomic mass is 35.5. The fourth-order valence-corrected chi connectivity index (χ4v) is 1.77. The van der Waals surface area contributed by atoms with Crippen molar-refractivity contribution < 1.29 is 9.59 Å². The van der Waals surface area contributed by atoms with Crippen LogP contribution in [0, 0.1) is 0 Å². The topological polar surface area (TPSA) is 91.3 Å². The molecule has 9 heteroatoms. The van der Waals surface area contributed by atoms with Gasteiger partial charge in [-0.05, 0) is 18.5 Å². The van der Waals surface area contributed by atoms with Gasteiger partial charge in [0.15, 0.2) is 0 Å². The summed E-state index contributed by atoms with van der Waals surface area (Å²) in [6.45, 7) is 1.66. The molecule has 2 rings (SSSR count). The van der Waals surface area contributed by atoms with E-state index in [0.29, 0.717) is 5.95 Å². The van der Waals surface area contributed by atoms with Crippen LogP contribution in [-0.2, 0) is 9.59 Å². The van der Waals surface area contributed by atoms with Gasteiger partial charge in [-0.25, -0.2) is 0 Å². The molecule has 0 radical (unpaired) electrons. The van der Waals surface area contributed by atoms with Crippen molar-refractivity contribution in [2.45, 2.75) is 13.0 Å². The molecular formula is C10H13ClN6O2. The molecule has 2 heterocycles. The molecule has 0 saturated carbocycles. The maximum Gasteiger partial charge on any atom is 0.249 e. The van der Waals surface area contributed by atoms with Gasteiger partial charge < -0.3 is 9.80 Å². The van der Waals surface area contributed by atoms with Crippen LogP contribution >= 0.6 is 11.6 Å². The van der Waals surface area contributed by atoms with Crippen molar-refractivity contribution in [3.05, 3.63) is 5.28 Å². The van der Waals surface area contributed by atoms with E-state index in [2.05, 4.69) is 20.3 Å². The third-order valence-corrected chi connectivity index (χ3v) is 2.83. The number of carbonyl (C=O) groups is 2.